The number of thiazole rings is 1. The van der Waals surface area contributed by atoms with Gasteiger partial charge in [-0.05, 0) is 50.5 Å². The van der Waals surface area contributed by atoms with Crippen LogP contribution in [0.15, 0.2) is 9.98 Å². The van der Waals surface area contributed by atoms with Crippen molar-refractivity contribution in [3.63, 3.8) is 0 Å². The van der Waals surface area contributed by atoms with Crippen molar-refractivity contribution in [1.82, 2.24) is 4.98 Å². The van der Waals surface area contributed by atoms with Crippen LogP contribution in [0.5, 0.6) is 0 Å². The van der Waals surface area contributed by atoms with Crippen molar-refractivity contribution in [1.29, 1.82) is 0 Å². The molecule has 0 aliphatic rings. The lowest BCUT2D eigenvalue weighted by Gasteiger charge is -2.34. The lowest BCUT2D eigenvalue weighted by atomic mass is 10.2. The van der Waals surface area contributed by atoms with Crippen LogP contribution in [0.4, 0.5) is 5.13 Å². The van der Waals surface area contributed by atoms with Crippen molar-refractivity contribution in [3.8, 4) is 0 Å². The zero-order valence-corrected chi connectivity index (χ0v) is 13.2. The molecule has 0 saturated carbocycles. The van der Waals surface area contributed by atoms with Gasteiger partial charge in [0.15, 0.2) is 5.13 Å². The van der Waals surface area contributed by atoms with Gasteiger partial charge in [0.2, 0.25) is 6.41 Å². The first-order chi connectivity index (χ1) is 7.70. The number of aliphatic hydroxyl groups is 1. The summed E-state index contributed by atoms with van der Waals surface area (Å²) in [5, 5.41) is 10.9. The third-order valence-electron chi connectivity index (χ3n) is 1.94. The molecule has 0 spiro atoms. The minimum atomic E-state index is -0.993. The van der Waals surface area contributed by atoms with Crippen LogP contribution in [0.3, 0.4) is 0 Å². The van der Waals surface area contributed by atoms with Gasteiger partial charge in [0.25, 0.3) is 0 Å². The predicted molar refractivity (Wildman–Crippen MR) is 74.3 cm³/mol. The maximum Gasteiger partial charge on any atom is 0.240 e. The van der Waals surface area contributed by atoms with Gasteiger partial charge in [0.05, 0.1) is 15.6 Å². The van der Waals surface area contributed by atoms with E-state index in [4.69, 9.17) is 4.74 Å². The van der Waals surface area contributed by atoms with Gasteiger partial charge >= 0.3 is 0 Å². The Morgan fingerprint density at radius 3 is 2.41 bits per heavy atom. The Bertz CT molecular complexity index is 363. The Morgan fingerprint density at radius 2 is 2.06 bits per heavy atom. The zero-order valence-electron chi connectivity index (χ0n) is 10.8. The number of anilines is 1. The van der Waals surface area contributed by atoms with E-state index in [9.17, 15) is 5.11 Å². The minimum absolute atomic E-state index is 0.102. The van der Waals surface area contributed by atoms with Gasteiger partial charge in [-0.1, -0.05) is 11.3 Å². The van der Waals surface area contributed by atoms with Crippen LogP contribution in [-0.4, -0.2) is 28.1 Å². The standard InChI is InChI=1S/C11H19BrN2O2S/c1-7(2)14(9-13-6-8(12)17-9)10(15)16-11(3,4)5/h6-7,10,15H,1-5H3. The van der Waals surface area contributed by atoms with Crippen molar-refractivity contribution in [2.45, 2.75) is 52.7 Å². The topological polar surface area (TPSA) is 45.6 Å². The largest absolute Gasteiger partial charge is 0.351 e. The van der Waals surface area contributed by atoms with Crippen molar-refractivity contribution < 1.29 is 9.84 Å². The van der Waals surface area contributed by atoms with Crippen molar-refractivity contribution in [3.05, 3.63) is 9.98 Å². The van der Waals surface area contributed by atoms with E-state index in [1.54, 1.807) is 11.1 Å². The average molecular weight is 323 g/mol. The Hall–Kier alpha value is -0.170. The van der Waals surface area contributed by atoms with E-state index in [1.807, 2.05) is 34.6 Å². The summed E-state index contributed by atoms with van der Waals surface area (Å²) in [4.78, 5) is 6.00. The number of nitrogens with zero attached hydrogens (tertiary/aromatic N) is 2. The number of ether oxygens (including phenoxy) is 1. The summed E-state index contributed by atoms with van der Waals surface area (Å²) >= 11 is 4.84. The van der Waals surface area contributed by atoms with Crippen LogP contribution >= 0.6 is 27.3 Å². The van der Waals surface area contributed by atoms with Crippen LogP contribution in [-0.2, 0) is 4.74 Å². The molecule has 0 aromatic carbocycles. The SMILES string of the molecule is CC(C)N(c1ncc(Br)s1)C(O)OC(C)(C)C. The number of halogens is 1. The fourth-order valence-electron chi connectivity index (χ4n) is 1.31. The highest BCUT2D eigenvalue weighted by Crippen LogP contribution is 2.30. The van der Waals surface area contributed by atoms with Crippen LogP contribution in [0, 0.1) is 0 Å². The second-order valence-electron chi connectivity index (χ2n) is 5.00. The molecular weight excluding hydrogens is 304 g/mol. The summed E-state index contributed by atoms with van der Waals surface area (Å²) < 4.78 is 6.49. The number of aromatic nitrogens is 1. The lowest BCUT2D eigenvalue weighted by Crippen LogP contribution is -2.45. The molecule has 17 heavy (non-hydrogen) atoms. The van der Waals surface area contributed by atoms with E-state index in [0.29, 0.717) is 0 Å². The maximum absolute atomic E-state index is 10.1. The molecule has 1 unspecified atom stereocenters. The zero-order chi connectivity index (χ0) is 13.2. The van der Waals surface area contributed by atoms with Gasteiger partial charge in [-0.3, -0.25) is 4.90 Å². The maximum atomic E-state index is 10.1. The molecule has 0 radical (unpaired) electrons. The Kier molecular flexibility index (Phi) is 4.95. The summed E-state index contributed by atoms with van der Waals surface area (Å²) in [6, 6.07) is 0.102. The number of aliphatic hydroxyl groups excluding tert-OH is 1. The van der Waals surface area contributed by atoms with E-state index in [0.717, 1.165) is 8.92 Å². The minimum Gasteiger partial charge on any atom is -0.351 e. The molecule has 6 heteroatoms. The van der Waals surface area contributed by atoms with Gasteiger partial charge in [0, 0.05) is 6.04 Å². The molecule has 4 nitrogen and oxygen atoms in total. The molecule has 0 fully saturated rings. The number of hydrogen-bond donors (Lipinski definition) is 1. The van der Waals surface area contributed by atoms with Crippen LogP contribution in [0.2, 0.25) is 0 Å². The predicted octanol–water partition coefficient (Wildman–Crippen LogP) is 3.21. The van der Waals surface area contributed by atoms with Gasteiger partial charge in [-0.2, -0.15) is 0 Å². The molecule has 0 amide bonds. The lowest BCUT2D eigenvalue weighted by molar-refractivity contribution is -0.167. The number of hydrogen-bond acceptors (Lipinski definition) is 5. The molecule has 98 valence electrons. The molecule has 1 N–H and O–H groups in total. The van der Waals surface area contributed by atoms with Crippen molar-refractivity contribution in [2.24, 2.45) is 0 Å². The first-order valence-electron chi connectivity index (χ1n) is 5.46. The summed E-state index contributed by atoms with van der Waals surface area (Å²) in [6.45, 7) is 9.71. The van der Waals surface area contributed by atoms with Crippen LogP contribution < -0.4 is 4.90 Å². The highest BCUT2D eigenvalue weighted by atomic mass is 79.9. The van der Waals surface area contributed by atoms with Crippen molar-refractivity contribution >= 4 is 32.4 Å². The molecule has 0 aliphatic carbocycles. The first kappa shape index (κ1) is 14.9. The fourth-order valence-corrected chi connectivity index (χ4v) is 2.64. The number of rotatable bonds is 4. The smallest absolute Gasteiger partial charge is 0.240 e. The van der Waals surface area contributed by atoms with Gasteiger partial charge in [-0.15, -0.1) is 0 Å². The Balaban J connectivity index is 2.86. The molecule has 0 saturated heterocycles. The van der Waals surface area contributed by atoms with E-state index in [1.165, 1.54) is 11.3 Å². The monoisotopic (exact) mass is 322 g/mol. The van der Waals surface area contributed by atoms with E-state index < -0.39 is 12.0 Å². The van der Waals surface area contributed by atoms with Crippen LogP contribution in [0.25, 0.3) is 0 Å². The third-order valence-corrected chi connectivity index (χ3v) is 3.43. The highest BCUT2D eigenvalue weighted by Gasteiger charge is 2.26. The molecule has 1 heterocycles. The summed E-state index contributed by atoms with van der Waals surface area (Å²) in [5.74, 6) is 0. The average Bonchev–Trinajstić information content (AvgIpc) is 2.47. The summed E-state index contributed by atoms with van der Waals surface area (Å²) in [5.41, 5.74) is -0.402. The van der Waals surface area contributed by atoms with Crippen molar-refractivity contribution in [2.75, 3.05) is 4.90 Å². The summed E-state index contributed by atoms with van der Waals surface area (Å²) in [6.07, 6.45) is 0.729. The normalized spacial score (nSPS) is 14.1. The van der Waals surface area contributed by atoms with Gasteiger partial charge < -0.3 is 9.84 Å². The quantitative estimate of drug-likeness (QED) is 0.864. The second kappa shape index (κ2) is 5.65. The molecule has 0 aliphatic heterocycles. The van der Waals surface area contributed by atoms with Crippen LogP contribution in [0.1, 0.15) is 34.6 Å². The second-order valence-corrected chi connectivity index (χ2v) is 7.39. The summed E-state index contributed by atoms with van der Waals surface area (Å²) in [7, 11) is 0. The molecule has 0 bridgehead atoms. The van der Waals surface area contributed by atoms with E-state index in [-0.39, 0.29) is 6.04 Å². The Morgan fingerprint density at radius 1 is 1.47 bits per heavy atom. The molecule has 1 aromatic heterocycles. The molecule has 1 rings (SSSR count). The van der Waals surface area contributed by atoms with E-state index >= 15 is 0 Å². The first-order valence-corrected chi connectivity index (χ1v) is 7.07. The fraction of sp³-hybridized carbons (Fsp3) is 0.727. The third kappa shape index (κ3) is 4.54. The molecule has 1 atom stereocenters. The van der Waals surface area contributed by atoms with E-state index in [2.05, 4.69) is 20.9 Å². The van der Waals surface area contributed by atoms with Gasteiger partial charge in [-0.25, -0.2) is 4.98 Å². The highest BCUT2D eigenvalue weighted by molar-refractivity contribution is 9.11. The van der Waals surface area contributed by atoms with Gasteiger partial charge in [0.1, 0.15) is 0 Å². The Labute approximate surface area is 115 Å². The molecular formula is C11H19BrN2O2S. The molecule has 1 aromatic rings.